The van der Waals surface area contributed by atoms with Gasteiger partial charge in [0.25, 0.3) is 0 Å². The van der Waals surface area contributed by atoms with Gasteiger partial charge in [-0.05, 0) is 24.6 Å². The second kappa shape index (κ2) is 4.60. The lowest BCUT2D eigenvalue weighted by molar-refractivity contribution is 0.0254. The summed E-state index contributed by atoms with van der Waals surface area (Å²) in [5, 5.41) is 3.19. The van der Waals surface area contributed by atoms with Gasteiger partial charge in [0.1, 0.15) is 5.82 Å². The highest BCUT2D eigenvalue weighted by Gasteiger charge is 2.20. The first-order valence-electron chi connectivity index (χ1n) is 4.96. The molecule has 4 heteroatoms. The highest BCUT2D eigenvalue weighted by atomic mass is 79.9. The molecule has 15 heavy (non-hydrogen) atoms. The Kier molecular flexibility index (Phi) is 3.38. The molecule has 0 spiro atoms. The number of hydrogen-bond acceptors (Lipinski definition) is 2. The summed E-state index contributed by atoms with van der Waals surface area (Å²) in [4.78, 5) is 0. The van der Waals surface area contributed by atoms with Crippen molar-refractivity contribution in [2.75, 3.05) is 19.7 Å². The standard InChI is InChI=1S/C11H13BrFNO/c1-7-4-8(12)5-9(11(7)13)10-6-14-2-3-15-10/h4-5,10,14H,2-3,6H2,1H3. The Balaban J connectivity index is 2.33. The van der Waals surface area contributed by atoms with Gasteiger partial charge in [-0.3, -0.25) is 0 Å². The molecule has 1 heterocycles. The van der Waals surface area contributed by atoms with Crippen molar-refractivity contribution < 1.29 is 9.13 Å². The van der Waals surface area contributed by atoms with Gasteiger partial charge in [0.15, 0.2) is 0 Å². The third-order valence-corrected chi connectivity index (χ3v) is 2.98. The fourth-order valence-corrected chi connectivity index (χ4v) is 2.34. The van der Waals surface area contributed by atoms with Crippen molar-refractivity contribution in [3.05, 3.63) is 33.5 Å². The van der Waals surface area contributed by atoms with E-state index in [9.17, 15) is 4.39 Å². The Labute approximate surface area is 96.9 Å². The van der Waals surface area contributed by atoms with E-state index in [0.717, 1.165) is 11.0 Å². The van der Waals surface area contributed by atoms with E-state index in [1.54, 1.807) is 19.1 Å². The van der Waals surface area contributed by atoms with Crippen molar-refractivity contribution in [2.45, 2.75) is 13.0 Å². The van der Waals surface area contributed by atoms with Crippen LogP contribution in [0.3, 0.4) is 0 Å². The molecule has 0 saturated carbocycles. The number of benzene rings is 1. The predicted octanol–water partition coefficient (Wildman–Crippen LogP) is 2.56. The first-order chi connectivity index (χ1) is 7.18. The third-order valence-electron chi connectivity index (χ3n) is 2.52. The van der Waals surface area contributed by atoms with Crippen molar-refractivity contribution in [3.8, 4) is 0 Å². The lowest BCUT2D eigenvalue weighted by atomic mass is 10.0. The van der Waals surface area contributed by atoms with Gasteiger partial charge < -0.3 is 10.1 Å². The summed E-state index contributed by atoms with van der Waals surface area (Å²) >= 11 is 3.37. The molecule has 0 aromatic heterocycles. The molecule has 0 aliphatic carbocycles. The molecule has 1 saturated heterocycles. The normalized spacial score (nSPS) is 21.7. The van der Waals surface area contributed by atoms with Crippen molar-refractivity contribution in [2.24, 2.45) is 0 Å². The molecule has 1 fully saturated rings. The second-order valence-electron chi connectivity index (χ2n) is 3.69. The van der Waals surface area contributed by atoms with Crippen LogP contribution in [0.25, 0.3) is 0 Å². The first-order valence-corrected chi connectivity index (χ1v) is 5.75. The molecule has 0 bridgehead atoms. The molecule has 1 N–H and O–H groups in total. The number of hydrogen-bond donors (Lipinski definition) is 1. The van der Waals surface area contributed by atoms with Crippen molar-refractivity contribution in [1.29, 1.82) is 0 Å². The Hall–Kier alpha value is -0.450. The summed E-state index contributed by atoms with van der Waals surface area (Å²) in [6.07, 6.45) is -0.171. The number of ether oxygens (including phenoxy) is 1. The fraction of sp³-hybridized carbons (Fsp3) is 0.455. The summed E-state index contributed by atoms with van der Waals surface area (Å²) in [5.74, 6) is -0.160. The minimum atomic E-state index is -0.171. The van der Waals surface area contributed by atoms with Crippen molar-refractivity contribution in [3.63, 3.8) is 0 Å². The number of aryl methyl sites for hydroxylation is 1. The predicted molar refractivity (Wildman–Crippen MR) is 60.4 cm³/mol. The molecule has 2 rings (SSSR count). The van der Waals surface area contributed by atoms with Gasteiger partial charge in [0.05, 0.1) is 12.7 Å². The van der Waals surface area contributed by atoms with Crippen LogP contribution in [0, 0.1) is 12.7 Å². The molecule has 0 radical (unpaired) electrons. The average molecular weight is 274 g/mol. The van der Waals surface area contributed by atoms with Crippen LogP contribution in [0.15, 0.2) is 16.6 Å². The van der Waals surface area contributed by atoms with Gasteiger partial charge in [0, 0.05) is 23.1 Å². The highest BCUT2D eigenvalue weighted by Crippen LogP contribution is 2.27. The number of nitrogens with one attached hydrogen (secondary N) is 1. The Morgan fingerprint density at radius 3 is 3.00 bits per heavy atom. The summed E-state index contributed by atoms with van der Waals surface area (Å²) in [5.41, 5.74) is 1.28. The van der Waals surface area contributed by atoms with Crippen LogP contribution in [-0.4, -0.2) is 19.7 Å². The van der Waals surface area contributed by atoms with Crippen LogP contribution in [0.2, 0.25) is 0 Å². The summed E-state index contributed by atoms with van der Waals surface area (Å²) in [6.45, 7) is 3.91. The number of rotatable bonds is 1. The third kappa shape index (κ3) is 2.38. The summed E-state index contributed by atoms with van der Waals surface area (Å²) in [7, 11) is 0. The van der Waals surface area contributed by atoms with Crippen LogP contribution >= 0.6 is 15.9 Å². The molecule has 2 nitrogen and oxygen atoms in total. The molecule has 1 unspecified atom stereocenters. The number of halogens is 2. The van der Waals surface area contributed by atoms with E-state index >= 15 is 0 Å². The highest BCUT2D eigenvalue weighted by molar-refractivity contribution is 9.10. The largest absolute Gasteiger partial charge is 0.371 e. The van der Waals surface area contributed by atoms with E-state index in [1.807, 2.05) is 0 Å². The molecule has 1 aromatic carbocycles. The van der Waals surface area contributed by atoms with Gasteiger partial charge >= 0.3 is 0 Å². The Morgan fingerprint density at radius 1 is 1.53 bits per heavy atom. The molecule has 1 aliphatic heterocycles. The van der Waals surface area contributed by atoms with E-state index in [0.29, 0.717) is 24.3 Å². The molecular formula is C11H13BrFNO. The fourth-order valence-electron chi connectivity index (χ4n) is 1.75. The van der Waals surface area contributed by atoms with E-state index in [-0.39, 0.29) is 11.9 Å². The van der Waals surface area contributed by atoms with Crippen LogP contribution < -0.4 is 5.32 Å². The Morgan fingerprint density at radius 2 is 2.33 bits per heavy atom. The van der Waals surface area contributed by atoms with E-state index in [1.165, 1.54) is 0 Å². The summed E-state index contributed by atoms with van der Waals surface area (Å²) < 4.78 is 20.3. The monoisotopic (exact) mass is 273 g/mol. The van der Waals surface area contributed by atoms with Crippen LogP contribution in [0.5, 0.6) is 0 Å². The maximum absolute atomic E-state index is 13.8. The van der Waals surface area contributed by atoms with Crippen LogP contribution in [-0.2, 0) is 4.74 Å². The lowest BCUT2D eigenvalue weighted by Crippen LogP contribution is -2.33. The van der Waals surface area contributed by atoms with Gasteiger partial charge in [-0.1, -0.05) is 15.9 Å². The van der Waals surface area contributed by atoms with E-state index < -0.39 is 0 Å². The molecule has 1 atom stereocenters. The topological polar surface area (TPSA) is 21.3 Å². The zero-order valence-electron chi connectivity index (χ0n) is 8.52. The molecule has 82 valence electrons. The molecule has 0 amide bonds. The van der Waals surface area contributed by atoms with Crippen LogP contribution in [0.1, 0.15) is 17.2 Å². The molecule has 1 aliphatic rings. The minimum absolute atomic E-state index is 0.160. The average Bonchev–Trinajstić information content (AvgIpc) is 2.24. The zero-order valence-corrected chi connectivity index (χ0v) is 10.1. The van der Waals surface area contributed by atoms with Crippen molar-refractivity contribution >= 4 is 15.9 Å². The maximum atomic E-state index is 13.8. The van der Waals surface area contributed by atoms with Crippen LogP contribution in [0.4, 0.5) is 4.39 Å². The van der Waals surface area contributed by atoms with Crippen molar-refractivity contribution in [1.82, 2.24) is 5.32 Å². The SMILES string of the molecule is Cc1cc(Br)cc(C2CNCCO2)c1F. The maximum Gasteiger partial charge on any atom is 0.132 e. The van der Waals surface area contributed by atoms with Gasteiger partial charge in [-0.25, -0.2) is 4.39 Å². The second-order valence-corrected chi connectivity index (χ2v) is 4.61. The smallest absolute Gasteiger partial charge is 0.132 e. The lowest BCUT2D eigenvalue weighted by Gasteiger charge is -2.24. The molecular weight excluding hydrogens is 261 g/mol. The first kappa shape index (κ1) is 11.0. The summed E-state index contributed by atoms with van der Waals surface area (Å²) in [6, 6.07) is 3.56. The quantitative estimate of drug-likeness (QED) is 0.849. The van der Waals surface area contributed by atoms with Gasteiger partial charge in [0.2, 0.25) is 0 Å². The zero-order chi connectivity index (χ0) is 10.8. The van der Waals surface area contributed by atoms with E-state index in [2.05, 4.69) is 21.2 Å². The van der Waals surface area contributed by atoms with Gasteiger partial charge in [-0.15, -0.1) is 0 Å². The molecule has 1 aromatic rings. The minimum Gasteiger partial charge on any atom is -0.371 e. The number of morpholine rings is 1. The van der Waals surface area contributed by atoms with Gasteiger partial charge in [-0.2, -0.15) is 0 Å². The van der Waals surface area contributed by atoms with E-state index in [4.69, 9.17) is 4.74 Å². The Bertz CT molecular complexity index is 364.